The predicted molar refractivity (Wildman–Crippen MR) is 133 cm³/mol. The summed E-state index contributed by atoms with van der Waals surface area (Å²) in [6.45, 7) is 4.12. The summed E-state index contributed by atoms with van der Waals surface area (Å²) in [5, 5.41) is 10.5. The van der Waals surface area contributed by atoms with Crippen LogP contribution in [0.1, 0.15) is 74.9 Å². The van der Waals surface area contributed by atoms with Gasteiger partial charge in [-0.05, 0) is 75.8 Å². The second-order valence-electron chi connectivity index (χ2n) is 10.1. The number of rotatable bonds is 5. The highest BCUT2D eigenvalue weighted by atomic mass is 32.1. The molecule has 2 saturated carbocycles. The van der Waals surface area contributed by atoms with Crippen molar-refractivity contribution in [3.63, 3.8) is 0 Å². The molecule has 1 heterocycles. The Bertz CT molecular complexity index is 965. The minimum Gasteiger partial charge on any atom is -0.465 e. The van der Waals surface area contributed by atoms with Gasteiger partial charge in [-0.15, -0.1) is 11.3 Å². The molecule has 33 heavy (non-hydrogen) atoms. The van der Waals surface area contributed by atoms with Crippen LogP contribution in [0, 0.1) is 11.8 Å². The Hall–Kier alpha value is -2.18. The molecule has 0 saturated heterocycles. The Morgan fingerprint density at radius 1 is 1.06 bits per heavy atom. The zero-order valence-corrected chi connectivity index (χ0v) is 20.7. The third kappa shape index (κ3) is 5.33. The fourth-order valence-corrected chi connectivity index (χ4v) is 6.30. The average molecular weight is 470 g/mol. The van der Waals surface area contributed by atoms with Gasteiger partial charge in [0.25, 0.3) is 0 Å². The second-order valence-corrected chi connectivity index (χ2v) is 11.1. The summed E-state index contributed by atoms with van der Waals surface area (Å²) in [5.41, 5.74) is 0.991. The fourth-order valence-electron chi connectivity index (χ4n) is 5.23. The fraction of sp³-hybridized carbons (Fsp3) is 0.556. The maximum absolute atomic E-state index is 14.0. The van der Waals surface area contributed by atoms with E-state index in [2.05, 4.69) is 6.92 Å². The van der Waals surface area contributed by atoms with Crippen molar-refractivity contribution < 1.29 is 19.4 Å². The first-order valence-electron chi connectivity index (χ1n) is 12.1. The molecule has 0 bridgehead atoms. The SMILES string of the molecule is COC(=O)c1sc(-c2ccccc2)cc1N(C(=O)C1CCC(C)CC1)[C@H]1CC[C@@](C)(O)CC1. The molecule has 2 aliphatic carbocycles. The van der Waals surface area contributed by atoms with E-state index in [0.29, 0.717) is 29.3 Å². The molecule has 2 aromatic rings. The zero-order valence-electron chi connectivity index (χ0n) is 19.9. The van der Waals surface area contributed by atoms with Crippen molar-refractivity contribution in [3.05, 3.63) is 41.3 Å². The molecule has 0 spiro atoms. The molecule has 1 aromatic carbocycles. The first-order valence-corrected chi connectivity index (χ1v) is 12.9. The number of thiophene rings is 1. The zero-order chi connectivity index (χ0) is 23.6. The molecule has 1 N–H and O–H groups in total. The van der Waals surface area contributed by atoms with Gasteiger partial charge in [-0.3, -0.25) is 4.79 Å². The van der Waals surface area contributed by atoms with Crippen LogP contribution in [0.2, 0.25) is 0 Å². The highest BCUT2D eigenvalue weighted by molar-refractivity contribution is 7.18. The highest BCUT2D eigenvalue weighted by Crippen LogP contribution is 2.42. The quantitative estimate of drug-likeness (QED) is 0.541. The summed E-state index contributed by atoms with van der Waals surface area (Å²) in [6.07, 6.45) is 6.64. The smallest absolute Gasteiger partial charge is 0.350 e. The second kappa shape index (κ2) is 9.98. The van der Waals surface area contributed by atoms with E-state index in [4.69, 9.17) is 4.74 Å². The maximum Gasteiger partial charge on any atom is 0.350 e. The number of methoxy groups -OCH3 is 1. The Morgan fingerprint density at radius 3 is 2.30 bits per heavy atom. The molecule has 4 rings (SSSR count). The standard InChI is InChI=1S/C27H35NO4S/c1-18-9-11-20(12-10-18)25(29)28(21-13-15-27(2,31)16-14-21)22-17-23(19-7-5-4-6-8-19)33-24(22)26(30)32-3/h4-8,17-18,20-21,31H,9-16H2,1-3H3/t18?,20?,21-,27+. The maximum atomic E-state index is 14.0. The van der Waals surface area contributed by atoms with Crippen LogP contribution in [0.5, 0.6) is 0 Å². The molecule has 0 radical (unpaired) electrons. The van der Waals surface area contributed by atoms with E-state index in [1.54, 1.807) is 0 Å². The summed E-state index contributed by atoms with van der Waals surface area (Å²) in [5.74, 6) is 0.351. The van der Waals surface area contributed by atoms with E-state index in [-0.39, 0.29) is 17.9 Å². The van der Waals surface area contributed by atoms with Gasteiger partial charge in [0.15, 0.2) is 0 Å². The van der Waals surface area contributed by atoms with E-state index in [9.17, 15) is 14.7 Å². The van der Waals surface area contributed by atoms with Crippen LogP contribution in [0.25, 0.3) is 10.4 Å². The molecule has 178 valence electrons. The number of anilines is 1. The van der Waals surface area contributed by atoms with E-state index in [0.717, 1.165) is 49.0 Å². The number of ether oxygens (including phenoxy) is 1. The van der Waals surface area contributed by atoms with Crippen molar-refractivity contribution in [2.75, 3.05) is 12.0 Å². The number of hydrogen-bond acceptors (Lipinski definition) is 5. The molecular formula is C27H35NO4S. The summed E-state index contributed by atoms with van der Waals surface area (Å²) < 4.78 is 5.13. The lowest BCUT2D eigenvalue weighted by molar-refractivity contribution is -0.124. The van der Waals surface area contributed by atoms with Crippen molar-refractivity contribution in [2.24, 2.45) is 11.8 Å². The van der Waals surface area contributed by atoms with Gasteiger partial charge in [0, 0.05) is 16.8 Å². The van der Waals surface area contributed by atoms with Crippen LogP contribution >= 0.6 is 11.3 Å². The van der Waals surface area contributed by atoms with Crippen LogP contribution in [0.3, 0.4) is 0 Å². The Kier molecular flexibility index (Phi) is 7.25. The van der Waals surface area contributed by atoms with Gasteiger partial charge < -0.3 is 14.7 Å². The highest BCUT2D eigenvalue weighted by Gasteiger charge is 2.39. The lowest BCUT2D eigenvalue weighted by atomic mass is 9.80. The van der Waals surface area contributed by atoms with Crippen LogP contribution in [-0.2, 0) is 9.53 Å². The first kappa shape index (κ1) is 24.0. The van der Waals surface area contributed by atoms with Crippen molar-refractivity contribution in [1.82, 2.24) is 0 Å². The number of esters is 1. The van der Waals surface area contributed by atoms with Crippen LogP contribution < -0.4 is 4.90 Å². The molecule has 0 unspecified atom stereocenters. The number of hydrogen-bond donors (Lipinski definition) is 1. The van der Waals surface area contributed by atoms with Crippen molar-refractivity contribution in [2.45, 2.75) is 76.9 Å². The summed E-state index contributed by atoms with van der Waals surface area (Å²) in [7, 11) is 1.39. The molecule has 0 atom stereocenters. The summed E-state index contributed by atoms with van der Waals surface area (Å²) >= 11 is 1.38. The van der Waals surface area contributed by atoms with Crippen molar-refractivity contribution >= 4 is 28.9 Å². The normalized spacial score (nSPS) is 27.7. The molecular weight excluding hydrogens is 434 g/mol. The van der Waals surface area contributed by atoms with Crippen molar-refractivity contribution in [3.8, 4) is 10.4 Å². The van der Waals surface area contributed by atoms with Gasteiger partial charge >= 0.3 is 5.97 Å². The van der Waals surface area contributed by atoms with Crippen LogP contribution in [0.15, 0.2) is 36.4 Å². The van der Waals surface area contributed by atoms with Crippen molar-refractivity contribution in [1.29, 1.82) is 0 Å². The van der Waals surface area contributed by atoms with Crippen LogP contribution in [0.4, 0.5) is 5.69 Å². The Labute approximate surface area is 200 Å². The van der Waals surface area contributed by atoms with E-state index in [1.807, 2.05) is 48.2 Å². The van der Waals surface area contributed by atoms with Crippen LogP contribution in [-0.4, -0.2) is 35.7 Å². The lowest BCUT2D eigenvalue weighted by Crippen LogP contribution is -2.48. The number of amides is 1. The number of benzene rings is 1. The largest absolute Gasteiger partial charge is 0.465 e. The van der Waals surface area contributed by atoms with E-state index in [1.165, 1.54) is 18.4 Å². The first-order chi connectivity index (χ1) is 15.8. The Balaban J connectivity index is 1.75. The molecule has 2 aliphatic rings. The predicted octanol–water partition coefficient (Wildman–Crippen LogP) is 6.05. The minimum absolute atomic E-state index is 0.0193. The average Bonchev–Trinajstić information content (AvgIpc) is 3.25. The number of aliphatic hydroxyl groups is 1. The number of nitrogens with zero attached hydrogens (tertiary/aromatic N) is 1. The molecule has 1 amide bonds. The number of carbonyl (C=O) groups excluding carboxylic acids is 2. The van der Waals surface area contributed by atoms with E-state index < -0.39 is 11.6 Å². The topological polar surface area (TPSA) is 66.8 Å². The monoisotopic (exact) mass is 469 g/mol. The van der Waals surface area contributed by atoms with Gasteiger partial charge in [-0.25, -0.2) is 4.79 Å². The van der Waals surface area contributed by atoms with Gasteiger partial charge in [0.2, 0.25) is 5.91 Å². The van der Waals surface area contributed by atoms with Gasteiger partial charge in [-0.1, -0.05) is 37.3 Å². The third-order valence-corrected chi connectivity index (χ3v) is 8.55. The van der Waals surface area contributed by atoms with E-state index >= 15 is 0 Å². The molecule has 2 fully saturated rings. The summed E-state index contributed by atoms with van der Waals surface area (Å²) in [4.78, 5) is 30.1. The number of carbonyl (C=O) groups is 2. The molecule has 6 heteroatoms. The summed E-state index contributed by atoms with van der Waals surface area (Å²) in [6, 6.07) is 11.9. The van der Waals surface area contributed by atoms with Gasteiger partial charge in [0.1, 0.15) is 4.88 Å². The molecule has 0 aliphatic heterocycles. The Morgan fingerprint density at radius 2 is 1.70 bits per heavy atom. The molecule has 1 aromatic heterocycles. The van der Waals surface area contributed by atoms with Gasteiger partial charge in [0.05, 0.1) is 18.4 Å². The molecule has 5 nitrogen and oxygen atoms in total. The third-order valence-electron chi connectivity index (χ3n) is 7.40. The minimum atomic E-state index is -0.694. The van der Waals surface area contributed by atoms with Gasteiger partial charge in [-0.2, -0.15) is 0 Å². The lowest BCUT2D eigenvalue weighted by Gasteiger charge is -2.41.